The van der Waals surface area contributed by atoms with Gasteiger partial charge in [0.15, 0.2) is 0 Å². The van der Waals surface area contributed by atoms with Gasteiger partial charge in [-0.3, -0.25) is 0 Å². The van der Waals surface area contributed by atoms with E-state index in [2.05, 4.69) is 33.8 Å². The second-order valence-electron chi connectivity index (χ2n) is 10.5. The average molecular weight is 329 g/mol. The quantitative estimate of drug-likeness (QED) is 0.474. The third-order valence-corrected chi connectivity index (χ3v) is 9.50. The van der Waals surface area contributed by atoms with Gasteiger partial charge < -0.3 is 0 Å². The van der Waals surface area contributed by atoms with E-state index in [1.165, 1.54) is 70.6 Å². The van der Waals surface area contributed by atoms with Gasteiger partial charge in [0.05, 0.1) is 0 Å². The Balaban J connectivity index is 1.62. The molecule has 0 aromatic rings. The average Bonchev–Trinajstić information content (AvgIpc) is 2.92. The summed E-state index contributed by atoms with van der Waals surface area (Å²) in [5.74, 6) is 4.79. The Hall–Kier alpha value is -0.260. The van der Waals surface area contributed by atoms with Crippen LogP contribution in [0.25, 0.3) is 0 Å². The number of hydrogen-bond donors (Lipinski definition) is 0. The third kappa shape index (κ3) is 2.38. The Morgan fingerprint density at radius 3 is 2.58 bits per heavy atom. The van der Waals surface area contributed by atoms with Crippen molar-refractivity contribution in [3.63, 3.8) is 0 Å². The van der Waals surface area contributed by atoms with Gasteiger partial charge in [0.25, 0.3) is 0 Å². The molecule has 24 heavy (non-hydrogen) atoms. The summed E-state index contributed by atoms with van der Waals surface area (Å²) in [6.07, 6.45) is 19.0. The van der Waals surface area contributed by atoms with Gasteiger partial charge in [0.2, 0.25) is 0 Å². The molecule has 0 aromatic heterocycles. The predicted molar refractivity (Wildman–Crippen MR) is 104 cm³/mol. The van der Waals surface area contributed by atoms with Crippen LogP contribution in [0.3, 0.4) is 0 Å². The summed E-state index contributed by atoms with van der Waals surface area (Å²) in [5.41, 5.74) is 3.22. The molecule has 4 aliphatic carbocycles. The molecule has 0 heterocycles. The van der Waals surface area contributed by atoms with Gasteiger partial charge >= 0.3 is 0 Å². The molecule has 4 aliphatic rings. The standard InChI is InChI=1S/C24H40/c1-5-8-17(2)20-12-13-21-19-11-10-18-9-6-7-15-23(18,3)22(19)14-16-24(20,21)4/h11,17-18,20-22H,5-10,12-16H2,1-4H3. The highest BCUT2D eigenvalue weighted by Crippen LogP contribution is 2.66. The number of rotatable bonds is 3. The second kappa shape index (κ2) is 6.17. The van der Waals surface area contributed by atoms with Crippen molar-refractivity contribution in [2.45, 2.75) is 98.3 Å². The van der Waals surface area contributed by atoms with Crippen LogP contribution >= 0.6 is 0 Å². The van der Waals surface area contributed by atoms with E-state index >= 15 is 0 Å². The number of allylic oxidation sites excluding steroid dienone is 2. The smallest absolute Gasteiger partial charge is 0.0143 e. The van der Waals surface area contributed by atoms with Crippen molar-refractivity contribution in [1.29, 1.82) is 0 Å². The van der Waals surface area contributed by atoms with Crippen LogP contribution in [0.2, 0.25) is 0 Å². The maximum absolute atomic E-state index is 2.78. The predicted octanol–water partition coefficient (Wildman–Crippen LogP) is 7.39. The van der Waals surface area contributed by atoms with Gasteiger partial charge in [-0.15, -0.1) is 0 Å². The van der Waals surface area contributed by atoms with Crippen LogP contribution < -0.4 is 0 Å². The molecule has 0 saturated heterocycles. The topological polar surface area (TPSA) is 0 Å². The lowest BCUT2D eigenvalue weighted by Gasteiger charge is -2.57. The van der Waals surface area contributed by atoms with Gasteiger partial charge in [0, 0.05) is 0 Å². The highest BCUT2D eigenvalue weighted by molar-refractivity contribution is 5.27. The molecule has 0 spiro atoms. The Morgan fingerprint density at radius 1 is 1.00 bits per heavy atom. The lowest BCUT2D eigenvalue weighted by atomic mass is 9.48. The normalized spacial score (nSPS) is 48.9. The van der Waals surface area contributed by atoms with E-state index in [0.29, 0.717) is 10.8 Å². The molecule has 0 heteroatoms. The van der Waals surface area contributed by atoms with Gasteiger partial charge in [-0.25, -0.2) is 0 Å². The van der Waals surface area contributed by atoms with Crippen molar-refractivity contribution in [2.75, 3.05) is 0 Å². The second-order valence-corrected chi connectivity index (χ2v) is 10.5. The minimum atomic E-state index is 0.620. The maximum atomic E-state index is 2.78. The Kier molecular flexibility index (Phi) is 4.41. The molecule has 7 unspecified atom stereocenters. The fraction of sp³-hybridized carbons (Fsp3) is 0.917. The van der Waals surface area contributed by atoms with E-state index in [9.17, 15) is 0 Å². The summed E-state index contributed by atoms with van der Waals surface area (Å²) >= 11 is 0. The van der Waals surface area contributed by atoms with Crippen LogP contribution in [0.1, 0.15) is 98.3 Å². The minimum Gasteiger partial charge on any atom is -0.0844 e. The summed E-state index contributed by atoms with van der Waals surface area (Å²) < 4.78 is 0. The Bertz CT molecular complexity index is 502. The van der Waals surface area contributed by atoms with Crippen LogP contribution in [-0.4, -0.2) is 0 Å². The number of fused-ring (bicyclic) bond motifs is 5. The summed E-state index contributed by atoms with van der Waals surface area (Å²) in [6.45, 7) is 10.3. The molecule has 0 bridgehead atoms. The SMILES string of the molecule is CCCC(C)C1CCC2C3=CCC4CCCCC4(C)C3CCC21C. The first-order valence-electron chi connectivity index (χ1n) is 11.2. The van der Waals surface area contributed by atoms with E-state index in [1.54, 1.807) is 0 Å². The number of hydrogen-bond acceptors (Lipinski definition) is 0. The van der Waals surface area contributed by atoms with Crippen LogP contribution in [0.5, 0.6) is 0 Å². The Morgan fingerprint density at radius 2 is 1.79 bits per heavy atom. The highest BCUT2D eigenvalue weighted by atomic mass is 14.6. The van der Waals surface area contributed by atoms with Crippen LogP contribution in [0.4, 0.5) is 0 Å². The first-order chi connectivity index (χ1) is 11.5. The Labute approximate surface area is 150 Å². The van der Waals surface area contributed by atoms with Crippen molar-refractivity contribution >= 4 is 0 Å². The lowest BCUT2D eigenvalue weighted by molar-refractivity contribution is -0.00786. The zero-order chi connectivity index (χ0) is 16.9. The van der Waals surface area contributed by atoms with Gasteiger partial charge in [-0.05, 0) is 85.4 Å². The van der Waals surface area contributed by atoms with Crippen molar-refractivity contribution in [2.24, 2.45) is 40.4 Å². The highest BCUT2D eigenvalue weighted by Gasteiger charge is 2.57. The molecule has 0 aliphatic heterocycles. The molecule has 0 radical (unpaired) electrons. The van der Waals surface area contributed by atoms with E-state index in [4.69, 9.17) is 0 Å². The molecule has 136 valence electrons. The largest absolute Gasteiger partial charge is 0.0844 e. The molecular formula is C24H40. The fourth-order valence-electron chi connectivity index (χ4n) is 8.18. The summed E-state index contributed by atoms with van der Waals surface area (Å²) in [7, 11) is 0. The van der Waals surface area contributed by atoms with Gasteiger partial charge in [-0.1, -0.05) is 65.0 Å². The summed E-state index contributed by atoms with van der Waals surface area (Å²) in [5, 5.41) is 0. The molecule has 4 rings (SSSR count). The molecule has 7 atom stereocenters. The van der Waals surface area contributed by atoms with Crippen molar-refractivity contribution in [3.05, 3.63) is 11.6 Å². The summed E-state index contributed by atoms with van der Waals surface area (Å²) in [4.78, 5) is 0. The van der Waals surface area contributed by atoms with Crippen molar-refractivity contribution in [3.8, 4) is 0 Å². The van der Waals surface area contributed by atoms with Crippen LogP contribution in [0, 0.1) is 40.4 Å². The van der Waals surface area contributed by atoms with Crippen molar-refractivity contribution in [1.82, 2.24) is 0 Å². The molecule has 3 saturated carbocycles. The van der Waals surface area contributed by atoms with Gasteiger partial charge in [-0.2, -0.15) is 0 Å². The van der Waals surface area contributed by atoms with E-state index in [1.807, 2.05) is 5.57 Å². The zero-order valence-electron chi connectivity index (χ0n) is 16.7. The lowest BCUT2D eigenvalue weighted by Crippen LogP contribution is -2.48. The fourth-order valence-corrected chi connectivity index (χ4v) is 8.18. The van der Waals surface area contributed by atoms with Crippen molar-refractivity contribution < 1.29 is 0 Å². The van der Waals surface area contributed by atoms with E-state index < -0.39 is 0 Å². The maximum Gasteiger partial charge on any atom is -0.0143 e. The van der Waals surface area contributed by atoms with Crippen LogP contribution in [0.15, 0.2) is 11.6 Å². The molecule has 0 nitrogen and oxygen atoms in total. The van der Waals surface area contributed by atoms with Gasteiger partial charge in [0.1, 0.15) is 0 Å². The van der Waals surface area contributed by atoms with E-state index in [-0.39, 0.29) is 0 Å². The molecular weight excluding hydrogens is 288 g/mol. The molecule has 0 aromatic carbocycles. The van der Waals surface area contributed by atoms with E-state index in [0.717, 1.165) is 29.6 Å². The first kappa shape index (κ1) is 17.2. The molecule has 0 amide bonds. The minimum absolute atomic E-state index is 0.620. The third-order valence-electron chi connectivity index (χ3n) is 9.50. The monoisotopic (exact) mass is 328 g/mol. The zero-order valence-corrected chi connectivity index (χ0v) is 16.7. The summed E-state index contributed by atoms with van der Waals surface area (Å²) in [6, 6.07) is 0. The van der Waals surface area contributed by atoms with Crippen LogP contribution in [-0.2, 0) is 0 Å². The first-order valence-corrected chi connectivity index (χ1v) is 11.2. The molecule has 3 fully saturated rings. The molecule has 0 N–H and O–H groups in total.